The van der Waals surface area contributed by atoms with Crippen molar-refractivity contribution in [2.75, 3.05) is 11.9 Å². The summed E-state index contributed by atoms with van der Waals surface area (Å²) >= 11 is 1.25. The Morgan fingerprint density at radius 1 is 1.45 bits per heavy atom. The maximum Gasteiger partial charge on any atom is 0.240 e. The first-order valence-electron chi connectivity index (χ1n) is 6.16. The van der Waals surface area contributed by atoms with Gasteiger partial charge in [-0.2, -0.15) is 0 Å². The van der Waals surface area contributed by atoms with Crippen LogP contribution in [0.4, 0.5) is 10.1 Å². The molecule has 1 saturated heterocycles. The lowest BCUT2D eigenvalue weighted by molar-refractivity contribution is -0.122. The van der Waals surface area contributed by atoms with Crippen LogP contribution in [0.5, 0.6) is 0 Å². The Kier molecular flexibility index (Phi) is 4.73. The van der Waals surface area contributed by atoms with Crippen LogP contribution in [0, 0.1) is 5.82 Å². The molecule has 1 aliphatic heterocycles. The van der Waals surface area contributed by atoms with Crippen LogP contribution in [0.2, 0.25) is 0 Å². The van der Waals surface area contributed by atoms with E-state index in [9.17, 15) is 14.0 Å². The highest BCUT2D eigenvalue weighted by Gasteiger charge is 2.31. The molecule has 2 amide bonds. The van der Waals surface area contributed by atoms with Crippen molar-refractivity contribution in [3.8, 4) is 0 Å². The lowest BCUT2D eigenvalue weighted by Gasteiger charge is -2.07. The molecule has 0 unspecified atom stereocenters. The Balaban J connectivity index is 1.90. The van der Waals surface area contributed by atoms with Gasteiger partial charge in [-0.05, 0) is 31.2 Å². The van der Waals surface area contributed by atoms with E-state index in [4.69, 9.17) is 0 Å². The Bertz CT molecular complexity index is 545. The van der Waals surface area contributed by atoms with E-state index in [1.807, 2.05) is 6.92 Å². The SMILES string of the molecule is CCN=C1NC(=O)[C@H](CC(=O)Nc2ccc(F)cc2)S1. The predicted molar refractivity (Wildman–Crippen MR) is 77.1 cm³/mol. The molecule has 1 aromatic rings. The van der Waals surface area contributed by atoms with Gasteiger partial charge in [-0.1, -0.05) is 11.8 Å². The van der Waals surface area contributed by atoms with E-state index in [-0.39, 0.29) is 24.1 Å². The van der Waals surface area contributed by atoms with Gasteiger partial charge >= 0.3 is 0 Å². The normalized spacial score (nSPS) is 20.0. The number of benzene rings is 1. The number of anilines is 1. The second-order valence-electron chi connectivity index (χ2n) is 4.13. The number of hydrogen-bond donors (Lipinski definition) is 2. The van der Waals surface area contributed by atoms with Crippen LogP contribution in [-0.2, 0) is 9.59 Å². The summed E-state index contributed by atoms with van der Waals surface area (Å²) in [5.41, 5.74) is 0.502. The molecule has 1 atom stereocenters. The number of amides is 2. The number of carbonyl (C=O) groups excluding carboxylic acids is 2. The summed E-state index contributed by atoms with van der Waals surface area (Å²) in [6.07, 6.45) is 0.0522. The zero-order chi connectivity index (χ0) is 14.5. The average Bonchev–Trinajstić information content (AvgIpc) is 2.73. The lowest BCUT2D eigenvalue weighted by atomic mass is 10.2. The van der Waals surface area contributed by atoms with E-state index in [1.54, 1.807) is 0 Å². The highest BCUT2D eigenvalue weighted by molar-refractivity contribution is 8.15. The number of amidine groups is 1. The van der Waals surface area contributed by atoms with Crippen molar-refractivity contribution in [1.29, 1.82) is 0 Å². The molecule has 1 heterocycles. The standard InChI is InChI=1S/C13H14FN3O2S/c1-2-15-13-17-12(19)10(20-13)7-11(18)16-9-5-3-8(14)4-6-9/h3-6,10H,2,7H2,1H3,(H,16,18)(H,15,17,19)/t10-/m0/s1. The monoisotopic (exact) mass is 295 g/mol. The van der Waals surface area contributed by atoms with Crippen LogP contribution in [-0.4, -0.2) is 28.8 Å². The minimum absolute atomic E-state index is 0.0522. The molecule has 1 aromatic carbocycles. The minimum Gasteiger partial charge on any atom is -0.326 e. The fourth-order valence-corrected chi connectivity index (χ4v) is 2.71. The van der Waals surface area contributed by atoms with E-state index in [1.165, 1.54) is 36.0 Å². The van der Waals surface area contributed by atoms with Gasteiger partial charge in [-0.15, -0.1) is 0 Å². The smallest absolute Gasteiger partial charge is 0.240 e. The Morgan fingerprint density at radius 2 is 2.15 bits per heavy atom. The van der Waals surface area contributed by atoms with Crippen molar-refractivity contribution in [1.82, 2.24) is 5.32 Å². The summed E-state index contributed by atoms with van der Waals surface area (Å²) in [7, 11) is 0. The van der Waals surface area contributed by atoms with Gasteiger partial charge < -0.3 is 10.6 Å². The Labute approximate surface area is 120 Å². The highest BCUT2D eigenvalue weighted by atomic mass is 32.2. The molecule has 0 aromatic heterocycles. The fraction of sp³-hybridized carbons (Fsp3) is 0.308. The Morgan fingerprint density at radius 3 is 2.80 bits per heavy atom. The first-order valence-corrected chi connectivity index (χ1v) is 7.04. The summed E-state index contributed by atoms with van der Waals surface area (Å²) in [5.74, 6) is -0.868. The Hall–Kier alpha value is -1.89. The van der Waals surface area contributed by atoms with Crippen molar-refractivity contribution in [2.24, 2.45) is 4.99 Å². The summed E-state index contributed by atoms with van der Waals surface area (Å²) in [6, 6.07) is 5.47. The van der Waals surface area contributed by atoms with Gasteiger partial charge in [-0.3, -0.25) is 14.6 Å². The minimum atomic E-state index is -0.472. The molecule has 20 heavy (non-hydrogen) atoms. The molecule has 0 saturated carbocycles. The van der Waals surface area contributed by atoms with E-state index in [2.05, 4.69) is 15.6 Å². The zero-order valence-electron chi connectivity index (χ0n) is 10.9. The summed E-state index contributed by atoms with van der Waals surface area (Å²) < 4.78 is 12.7. The fourth-order valence-electron chi connectivity index (χ4n) is 1.67. The van der Waals surface area contributed by atoms with E-state index in [0.29, 0.717) is 17.4 Å². The molecule has 0 bridgehead atoms. The molecule has 1 aliphatic rings. The largest absolute Gasteiger partial charge is 0.326 e. The van der Waals surface area contributed by atoms with Crippen LogP contribution in [0.25, 0.3) is 0 Å². The molecule has 0 radical (unpaired) electrons. The number of thioether (sulfide) groups is 1. The maximum atomic E-state index is 12.7. The van der Waals surface area contributed by atoms with Crippen molar-refractivity contribution < 1.29 is 14.0 Å². The summed E-state index contributed by atoms with van der Waals surface area (Å²) in [5, 5.41) is 5.33. The van der Waals surface area contributed by atoms with Gasteiger partial charge in [0.25, 0.3) is 0 Å². The molecule has 2 rings (SSSR count). The van der Waals surface area contributed by atoms with Crippen LogP contribution in [0.3, 0.4) is 0 Å². The van der Waals surface area contributed by atoms with Crippen molar-refractivity contribution >= 4 is 34.4 Å². The molecule has 106 valence electrons. The number of hydrogen-bond acceptors (Lipinski definition) is 4. The summed E-state index contributed by atoms with van der Waals surface area (Å²) in [6.45, 7) is 2.45. The maximum absolute atomic E-state index is 12.7. The van der Waals surface area contributed by atoms with Gasteiger partial charge in [-0.25, -0.2) is 4.39 Å². The van der Waals surface area contributed by atoms with Gasteiger partial charge in [0.1, 0.15) is 11.1 Å². The first-order chi connectivity index (χ1) is 9.58. The number of carbonyl (C=O) groups is 2. The average molecular weight is 295 g/mol. The number of nitrogens with zero attached hydrogens (tertiary/aromatic N) is 1. The third kappa shape index (κ3) is 3.80. The molecule has 5 nitrogen and oxygen atoms in total. The van der Waals surface area contributed by atoms with Crippen LogP contribution in [0.1, 0.15) is 13.3 Å². The van der Waals surface area contributed by atoms with Gasteiger partial charge in [0.05, 0.1) is 0 Å². The van der Waals surface area contributed by atoms with E-state index < -0.39 is 5.25 Å². The number of halogens is 1. The van der Waals surface area contributed by atoms with Crippen molar-refractivity contribution in [2.45, 2.75) is 18.6 Å². The van der Waals surface area contributed by atoms with Crippen LogP contribution >= 0.6 is 11.8 Å². The number of nitrogens with one attached hydrogen (secondary N) is 2. The van der Waals surface area contributed by atoms with Crippen molar-refractivity contribution in [3.63, 3.8) is 0 Å². The van der Waals surface area contributed by atoms with Crippen LogP contribution < -0.4 is 10.6 Å². The van der Waals surface area contributed by atoms with E-state index >= 15 is 0 Å². The second kappa shape index (κ2) is 6.51. The van der Waals surface area contributed by atoms with Crippen LogP contribution in [0.15, 0.2) is 29.3 Å². The first kappa shape index (κ1) is 14.5. The summed E-state index contributed by atoms with van der Waals surface area (Å²) in [4.78, 5) is 27.6. The zero-order valence-corrected chi connectivity index (χ0v) is 11.7. The lowest BCUT2D eigenvalue weighted by Crippen LogP contribution is -2.28. The second-order valence-corrected chi connectivity index (χ2v) is 5.33. The number of aliphatic imine (C=N–C) groups is 1. The molecule has 2 N–H and O–H groups in total. The quantitative estimate of drug-likeness (QED) is 0.889. The predicted octanol–water partition coefficient (Wildman–Crippen LogP) is 1.76. The van der Waals surface area contributed by atoms with E-state index in [0.717, 1.165) is 0 Å². The molecular formula is C13H14FN3O2S. The third-order valence-corrected chi connectivity index (χ3v) is 3.70. The third-order valence-electron chi connectivity index (χ3n) is 2.58. The van der Waals surface area contributed by atoms with Gasteiger partial charge in [0.2, 0.25) is 11.8 Å². The molecular weight excluding hydrogens is 281 g/mol. The van der Waals surface area contributed by atoms with Gasteiger partial charge in [0.15, 0.2) is 5.17 Å². The van der Waals surface area contributed by atoms with Gasteiger partial charge in [0, 0.05) is 18.7 Å². The molecule has 0 aliphatic carbocycles. The molecule has 1 fully saturated rings. The van der Waals surface area contributed by atoms with Crippen molar-refractivity contribution in [3.05, 3.63) is 30.1 Å². The number of rotatable bonds is 4. The highest BCUT2D eigenvalue weighted by Crippen LogP contribution is 2.23. The molecule has 7 heteroatoms. The molecule has 0 spiro atoms. The topological polar surface area (TPSA) is 70.6 Å².